The fourth-order valence-electron chi connectivity index (χ4n) is 3.48. The third kappa shape index (κ3) is 3.18. The number of hydrogen-bond acceptors (Lipinski definition) is 3. The summed E-state index contributed by atoms with van der Waals surface area (Å²) in [4.78, 5) is 26.8. The molecule has 3 aromatic rings. The van der Waals surface area contributed by atoms with Gasteiger partial charge in [0.05, 0.1) is 6.04 Å². The zero-order valence-electron chi connectivity index (χ0n) is 13.9. The number of amides is 1. The molecular weight excluding hydrogens is 312 g/mol. The zero-order chi connectivity index (χ0) is 17.1. The number of aromatic nitrogens is 3. The predicted octanol–water partition coefficient (Wildman–Crippen LogP) is 3.84. The molecule has 0 spiro atoms. The van der Waals surface area contributed by atoms with E-state index in [-0.39, 0.29) is 11.9 Å². The van der Waals surface area contributed by atoms with Crippen LogP contribution in [-0.4, -0.2) is 32.3 Å². The van der Waals surface area contributed by atoms with Crippen LogP contribution in [0.1, 0.15) is 41.2 Å². The average Bonchev–Trinajstić information content (AvgIpc) is 3.23. The average molecular weight is 332 g/mol. The fraction of sp³-hybridized carbons (Fsp3) is 0.250. The fourth-order valence-corrected chi connectivity index (χ4v) is 3.48. The molecule has 1 aliphatic heterocycles. The zero-order valence-corrected chi connectivity index (χ0v) is 13.9. The summed E-state index contributed by atoms with van der Waals surface area (Å²) in [6, 6.07) is 11.8. The molecular formula is C20H20N4O. The van der Waals surface area contributed by atoms with Gasteiger partial charge in [0.2, 0.25) is 0 Å². The van der Waals surface area contributed by atoms with E-state index in [2.05, 4.69) is 21.0 Å². The number of hydrogen-bond donors (Lipinski definition) is 1. The first-order chi connectivity index (χ1) is 12.3. The van der Waals surface area contributed by atoms with Crippen molar-refractivity contribution in [2.24, 2.45) is 0 Å². The molecule has 0 unspecified atom stereocenters. The molecule has 3 heterocycles. The van der Waals surface area contributed by atoms with Gasteiger partial charge in [0, 0.05) is 42.5 Å². The Morgan fingerprint density at radius 1 is 1.16 bits per heavy atom. The standard InChI is InChI=1S/C20H20N4O/c25-20(16-6-3-5-15(13-16)19-22-10-11-23-19)24-12-2-1-8-18(24)17-7-4-9-21-14-17/h3-7,9-11,13-14,18H,1-2,8,12H2,(H,22,23)/t18-/m0/s1. The first-order valence-corrected chi connectivity index (χ1v) is 8.63. The van der Waals surface area contributed by atoms with Gasteiger partial charge in [-0.2, -0.15) is 0 Å². The number of pyridine rings is 1. The number of likely N-dealkylation sites (tertiary alicyclic amines) is 1. The largest absolute Gasteiger partial charge is 0.345 e. The van der Waals surface area contributed by atoms with Gasteiger partial charge >= 0.3 is 0 Å². The maximum absolute atomic E-state index is 13.2. The minimum Gasteiger partial charge on any atom is -0.345 e. The van der Waals surface area contributed by atoms with Gasteiger partial charge in [0.15, 0.2) is 0 Å². The molecule has 1 aliphatic rings. The van der Waals surface area contributed by atoms with Crippen molar-refractivity contribution in [1.29, 1.82) is 0 Å². The monoisotopic (exact) mass is 332 g/mol. The van der Waals surface area contributed by atoms with Crippen LogP contribution in [0.25, 0.3) is 11.4 Å². The second-order valence-corrected chi connectivity index (χ2v) is 6.32. The van der Waals surface area contributed by atoms with E-state index < -0.39 is 0 Å². The van der Waals surface area contributed by atoms with E-state index in [0.717, 1.165) is 42.8 Å². The predicted molar refractivity (Wildman–Crippen MR) is 95.9 cm³/mol. The molecule has 1 saturated heterocycles. The number of H-pyrrole nitrogens is 1. The highest BCUT2D eigenvalue weighted by molar-refractivity contribution is 5.95. The maximum atomic E-state index is 13.2. The summed E-state index contributed by atoms with van der Waals surface area (Å²) in [6.45, 7) is 0.781. The number of nitrogens with one attached hydrogen (secondary N) is 1. The van der Waals surface area contributed by atoms with E-state index in [4.69, 9.17) is 0 Å². The van der Waals surface area contributed by atoms with Gasteiger partial charge in [-0.3, -0.25) is 9.78 Å². The van der Waals surface area contributed by atoms with Crippen LogP contribution >= 0.6 is 0 Å². The molecule has 0 bridgehead atoms. The van der Waals surface area contributed by atoms with Crippen LogP contribution in [0.2, 0.25) is 0 Å². The summed E-state index contributed by atoms with van der Waals surface area (Å²) in [5.41, 5.74) is 2.73. The van der Waals surface area contributed by atoms with E-state index in [9.17, 15) is 4.79 Å². The van der Waals surface area contributed by atoms with Crippen molar-refractivity contribution < 1.29 is 4.79 Å². The molecule has 1 amide bonds. The first-order valence-electron chi connectivity index (χ1n) is 8.63. The number of aromatic amines is 1. The summed E-state index contributed by atoms with van der Waals surface area (Å²) in [5.74, 6) is 0.846. The number of carbonyl (C=O) groups is 1. The molecule has 1 atom stereocenters. The topological polar surface area (TPSA) is 61.9 Å². The van der Waals surface area contributed by atoms with Crippen LogP contribution in [-0.2, 0) is 0 Å². The second kappa shape index (κ2) is 6.89. The molecule has 1 N–H and O–H groups in total. The van der Waals surface area contributed by atoms with Crippen molar-refractivity contribution in [1.82, 2.24) is 19.9 Å². The lowest BCUT2D eigenvalue weighted by Gasteiger charge is -2.36. The Balaban J connectivity index is 1.64. The molecule has 0 aliphatic carbocycles. The molecule has 5 nitrogen and oxygen atoms in total. The quantitative estimate of drug-likeness (QED) is 0.792. The van der Waals surface area contributed by atoms with Crippen LogP contribution in [0, 0.1) is 0 Å². The third-order valence-corrected chi connectivity index (χ3v) is 4.71. The summed E-state index contributed by atoms with van der Waals surface area (Å²) >= 11 is 0. The first kappa shape index (κ1) is 15.6. The van der Waals surface area contributed by atoms with E-state index >= 15 is 0 Å². The Morgan fingerprint density at radius 2 is 2.12 bits per heavy atom. The van der Waals surface area contributed by atoms with E-state index in [0.29, 0.717) is 5.56 Å². The van der Waals surface area contributed by atoms with Crippen molar-refractivity contribution in [2.45, 2.75) is 25.3 Å². The Labute approximate surface area is 146 Å². The van der Waals surface area contributed by atoms with E-state index in [1.54, 1.807) is 18.6 Å². The lowest BCUT2D eigenvalue weighted by molar-refractivity contribution is 0.0611. The van der Waals surface area contributed by atoms with Crippen molar-refractivity contribution in [3.05, 3.63) is 72.3 Å². The molecule has 0 saturated carbocycles. The molecule has 25 heavy (non-hydrogen) atoms. The Kier molecular flexibility index (Phi) is 4.29. The van der Waals surface area contributed by atoms with Crippen LogP contribution in [0.5, 0.6) is 0 Å². The molecule has 0 radical (unpaired) electrons. The number of rotatable bonds is 3. The van der Waals surface area contributed by atoms with Gasteiger partial charge < -0.3 is 9.88 Å². The lowest BCUT2D eigenvalue weighted by Crippen LogP contribution is -2.38. The Bertz CT molecular complexity index is 845. The molecule has 5 heteroatoms. The van der Waals surface area contributed by atoms with Gasteiger partial charge in [-0.1, -0.05) is 18.2 Å². The summed E-state index contributed by atoms with van der Waals surface area (Å²) in [7, 11) is 0. The molecule has 126 valence electrons. The number of piperidine rings is 1. The maximum Gasteiger partial charge on any atom is 0.254 e. The highest BCUT2D eigenvalue weighted by atomic mass is 16.2. The Hall–Kier alpha value is -2.95. The summed E-state index contributed by atoms with van der Waals surface area (Å²) < 4.78 is 0. The molecule has 1 fully saturated rings. The van der Waals surface area contributed by atoms with Crippen molar-refractivity contribution in [2.75, 3.05) is 6.54 Å². The lowest BCUT2D eigenvalue weighted by atomic mass is 9.95. The molecule has 4 rings (SSSR count). The summed E-state index contributed by atoms with van der Waals surface area (Å²) in [5, 5.41) is 0. The minimum atomic E-state index is 0.0713. The normalized spacial score (nSPS) is 17.4. The van der Waals surface area contributed by atoms with Gasteiger partial charge in [-0.05, 0) is 43.0 Å². The molecule has 1 aromatic carbocycles. The van der Waals surface area contributed by atoms with Crippen LogP contribution in [0.15, 0.2) is 61.2 Å². The third-order valence-electron chi connectivity index (χ3n) is 4.71. The van der Waals surface area contributed by atoms with Gasteiger partial charge in [-0.15, -0.1) is 0 Å². The van der Waals surface area contributed by atoms with E-state index in [1.165, 1.54) is 0 Å². The van der Waals surface area contributed by atoms with Gasteiger partial charge in [0.25, 0.3) is 5.91 Å². The van der Waals surface area contributed by atoms with Crippen molar-refractivity contribution >= 4 is 5.91 Å². The van der Waals surface area contributed by atoms with Crippen LogP contribution < -0.4 is 0 Å². The highest BCUT2D eigenvalue weighted by Gasteiger charge is 2.28. The molecule has 2 aromatic heterocycles. The number of benzene rings is 1. The van der Waals surface area contributed by atoms with Crippen LogP contribution in [0.3, 0.4) is 0 Å². The van der Waals surface area contributed by atoms with Crippen molar-refractivity contribution in [3.63, 3.8) is 0 Å². The van der Waals surface area contributed by atoms with E-state index in [1.807, 2.05) is 41.4 Å². The Morgan fingerprint density at radius 3 is 2.92 bits per heavy atom. The SMILES string of the molecule is O=C(c1cccc(-c2ncc[nH]2)c1)N1CCCC[C@H]1c1cccnc1. The number of carbonyl (C=O) groups excluding carboxylic acids is 1. The highest BCUT2D eigenvalue weighted by Crippen LogP contribution is 2.32. The smallest absolute Gasteiger partial charge is 0.254 e. The number of imidazole rings is 1. The second-order valence-electron chi connectivity index (χ2n) is 6.32. The van der Waals surface area contributed by atoms with Crippen molar-refractivity contribution in [3.8, 4) is 11.4 Å². The summed E-state index contributed by atoms with van der Waals surface area (Å²) in [6.07, 6.45) is 10.3. The van der Waals surface area contributed by atoms with Gasteiger partial charge in [-0.25, -0.2) is 4.98 Å². The number of nitrogens with zero attached hydrogens (tertiary/aromatic N) is 3. The van der Waals surface area contributed by atoms with Gasteiger partial charge in [0.1, 0.15) is 5.82 Å². The minimum absolute atomic E-state index is 0.0713. The van der Waals surface area contributed by atoms with Crippen LogP contribution in [0.4, 0.5) is 0 Å².